The van der Waals surface area contributed by atoms with E-state index in [0.29, 0.717) is 11.2 Å². The number of hydrogen-bond donors (Lipinski definition) is 2. The van der Waals surface area contributed by atoms with Crippen LogP contribution in [0.3, 0.4) is 0 Å². The van der Waals surface area contributed by atoms with Gasteiger partial charge in [-0.3, -0.25) is 0 Å². The van der Waals surface area contributed by atoms with E-state index in [-0.39, 0.29) is 6.61 Å². The van der Waals surface area contributed by atoms with E-state index in [4.69, 9.17) is 10.8 Å². The lowest BCUT2D eigenvalue weighted by Crippen LogP contribution is -2.40. The fraction of sp³-hybridized carbons (Fsp3) is 0.778. The minimum absolute atomic E-state index is 0.232. The zero-order chi connectivity index (χ0) is 10.7. The van der Waals surface area contributed by atoms with Crippen molar-refractivity contribution in [2.45, 2.75) is 31.7 Å². The van der Waals surface area contributed by atoms with Crippen LogP contribution in [-0.2, 0) is 0 Å². The molecular weight excluding hydrogens is 212 g/mol. The molecule has 0 amide bonds. The first-order valence-electron chi connectivity index (χ1n) is 5.27. The lowest BCUT2D eigenvalue weighted by molar-refractivity contribution is 0.262. The SMILES string of the molecule is Nc1nnc(N2CCCC[C@@H]2CCO)s1. The van der Waals surface area contributed by atoms with Crippen molar-refractivity contribution in [3.05, 3.63) is 0 Å². The molecule has 0 aliphatic carbocycles. The van der Waals surface area contributed by atoms with Crippen LogP contribution < -0.4 is 10.6 Å². The fourth-order valence-electron chi connectivity index (χ4n) is 2.04. The van der Waals surface area contributed by atoms with Crippen molar-refractivity contribution >= 4 is 21.6 Å². The smallest absolute Gasteiger partial charge is 0.210 e. The van der Waals surface area contributed by atoms with Crippen LogP contribution in [0.15, 0.2) is 0 Å². The summed E-state index contributed by atoms with van der Waals surface area (Å²) in [6, 6.07) is 0.399. The average Bonchev–Trinajstić information content (AvgIpc) is 2.66. The maximum atomic E-state index is 9.00. The molecule has 1 saturated heterocycles. The third-order valence-electron chi connectivity index (χ3n) is 2.77. The number of nitrogens with two attached hydrogens (primary N) is 1. The first kappa shape index (κ1) is 10.6. The van der Waals surface area contributed by atoms with Gasteiger partial charge in [0, 0.05) is 19.2 Å². The maximum Gasteiger partial charge on any atom is 0.210 e. The van der Waals surface area contributed by atoms with Crippen molar-refractivity contribution in [3.8, 4) is 0 Å². The average molecular weight is 228 g/mol. The van der Waals surface area contributed by atoms with Crippen molar-refractivity contribution in [2.75, 3.05) is 23.8 Å². The van der Waals surface area contributed by atoms with Gasteiger partial charge in [0.1, 0.15) is 0 Å². The quantitative estimate of drug-likeness (QED) is 0.802. The van der Waals surface area contributed by atoms with Crippen LogP contribution in [0.5, 0.6) is 0 Å². The summed E-state index contributed by atoms with van der Waals surface area (Å²) in [4.78, 5) is 2.23. The van der Waals surface area contributed by atoms with Gasteiger partial charge in [-0.15, -0.1) is 10.2 Å². The molecule has 84 valence electrons. The zero-order valence-electron chi connectivity index (χ0n) is 8.59. The number of aromatic nitrogens is 2. The van der Waals surface area contributed by atoms with Gasteiger partial charge in [-0.05, 0) is 25.7 Å². The zero-order valence-corrected chi connectivity index (χ0v) is 9.41. The number of aliphatic hydroxyl groups excluding tert-OH is 1. The lowest BCUT2D eigenvalue weighted by atomic mass is 10.0. The van der Waals surface area contributed by atoms with Gasteiger partial charge in [-0.25, -0.2) is 0 Å². The topological polar surface area (TPSA) is 75.3 Å². The molecular formula is C9H16N4OS. The Labute approximate surface area is 92.9 Å². The number of nitrogens with zero attached hydrogens (tertiary/aromatic N) is 3. The Morgan fingerprint density at radius 1 is 1.47 bits per heavy atom. The first-order valence-corrected chi connectivity index (χ1v) is 6.09. The lowest BCUT2D eigenvalue weighted by Gasteiger charge is -2.34. The van der Waals surface area contributed by atoms with E-state index in [9.17, 15) is 0 Å². The number of nitrogen functional groups attached to an aromatic ring is 1. The Bertz CT molecular complexity index is 315. The summed E-state index contributed by atoms with van der Waals surface area (Å²) in [5, 5.41) is 18.3. The predicted octanol–water partition coefficient (Wildman–Crippen LogP) is 0.862. The van der Waals surface area contributed by atoms with Crippen LogP contribution in [-0.4, -0.2) is 34.5 Å². The summed E-state index contributed by atoms with van der Waals surface area (Å²) in [6.07, 6.45) is 4.34. The Morgan fingerprint density at radius 3 is 3.00 bits per heavy atom. The molecule has 0 aromatic carbocycles. The minimum atomic E-state index is 0.232. The monoisotopic (exact) mass is 228 g/mol. The molecule has 1 aromatic rings. The second-order valence-electron chi connectivity index (χ2n) is 3.78. The van der Waals surface area contributed by atoms with Crippen LogP contribution in [0.1, 0.15) is 25.7 Å². The van der Waals surface area contributed by atoms with Crippen molar-refractivity contribution in [2.24, 2.45) is 0 Å². The van der Waals surface area contributed by atoms with E-state index in [1.807, 2.05) is 0 Å². The number of hydrogen-bond acceptors (Lipinski definition) is 6. The first-order chi connectivity index (χ1) is 7.31. The fourth-order valence-corrected chi connectivity index (χ4v) is 2.75. The van der Waals surface area contributed by atoms with E-state index < -0.39 is 0 Å². The van der Waals surface area contributed by atoms with Gasteiger partial charge in [0.15, 0.2) is 0 Å². The number of rotatable bonds is 3. The molecule has 15 heavy (non-hydrogen) atoms. The van der Waals surface area contributed by atoms with Crippen LogP contribution in [0.2, 0.25) is 0 Å². The van der Waals surface area contributed by atoms with Gasteiger partial charge in [0.2, 0.25) is 10.3 Å². The molecule has 1 aliphatic rings. The molecule has 2 heterocycles. The summed E-state index contributed by atoms with van der Waals surface area (Å²) in [7, 11) is 0. The number of piperidine rings is 1. The van der Waals surface area contributed by atoms with E-state index >= 15 is 0 Å². The third kappa shape index (κ3) is 2.38. The van der Waals surface area contributed by atoms with Crippen molar-refractivity contribution in [3.63, 3.8) is 0 Å². The highest BCUT2D eigenvalue weighted by Gasteiger charge is 2.24. The minimum Gasteiger partial charge on any atom is -0.396 e. The number of aliphatic hydroxyl groups is 1. The Balaban J connectivity index is 2.10. The molecule has 0 spiro atoms. The highest BCUT2D eigenvalue weighted by atomic mass is 32.1. The highest BCUT2D eigenvalue weighted by molar-refractivity contribution is 7.18. The molecule has 0 saturated carbocycles. The van der Waals surface area contributed by atoms with Gasteiger partial charge < -0.3 is 15.7 Å². The summed E-state index contributed by atoms with van der Waals surface area (Å²) in [5.74, 6) is 0. The van der Waals surface area contributed by atoms with Gasteiger partial charge in [-0.2, -0.15) is 0 Å². The Kier molecular flexibility index (Phi) is 3.37. The van der Waals surface area contributed by atoms with Crippen LogP contribution >= 0.6 is 11.3 Å². The van der Waals surface area contributed by atoms with Crippen molar-refractivity contribution in [1.29, 1.82) is 0 Å². The predicted molar refractivity (Wildman–Crippen MR) is 61.0 cm³/mol. The largest absolute Gasteiger partial charge is 0.396 e. The molecule has 1 atom stereocenters. The second kappa shape index (κ2) is 4.76. The summed E-state index contributed by atoms with van der Waals surface area (Å²) in [6.45, 7) is 1.23. The Hall–Kier alpha value is -0.880. The molecule has 0 bridgehead atoms. The molecule has 1 aliphatic heterocycles. The van der Waals surface area contributed by atoms with E-state index in [1.54, 1.807) is 0 Å². The van der Waals surface area contributed by atoms with Gasteiger partial charge in [0.25, 0.3) is 0 Å². The van der Waals surface area contributed by atoms with Crippen molar-refractivity contribution in [1.82, 2.24) is 10.2 Å². The Morgan fingerprint density at radius 2 is 2.33 bits per heavy atom. The van der Waals surface area contributed by atoms with E-state index in [2.05, 4.69) is 15.1 Å². The van der Waals surface area contributed by atoms with Crippen LogP contribution in [0.4, 0.5) is 10.3 Å². The molecule has 5 nitrogen and oxygen atoms in total. The molecule has 6 heteroatoms. The second-order valence-corrected chi connectivity index (χ2v) is 4.77. The normalized spacial score (nSPS) is 21.9. The van der Waals surface area contributed by atoms with E-state index in [0.717, 1.165) is 24.5 Å². The van der Waals surface area contributed by atoms with Crippen LogP contribution in [0.25, 0.3) is 0 Å². The van der Waals surface area contributed by atoms with Crippen molar-refractivity contribution < 1.29 is 5.11 Å². The third-order valence-corrected chi connectivity index (χ3v) is 3.55. The number of anilines is 2. The standard InChI is InChI=1S/C9H16N4OS/c10-8-11-12-9(15-8)13-5-2-1-3-7(13)4-6-14/h7,14H,1-6H2,(H2,10,11)/t7-/m1/s1. The molecule has 3 N–H and O–H groups in total. The molecule has 2 rings (SSSR count). The molecule has 0 unspecified atom stereocenters. The maximum absolute atomic E-state index is 9.00. The van der Waals surface area contributed by atoms with Gasteiger partial charge in [0.05, 0.1) is 0 Å². The highest BCUT2D eigenvalue weighted by Crippen LogP contribution is 2.29. The molecule has 1 aromatic heterocycles. The van der Waals surface area contributed by atoms with Crippen LogP contribution in [0, 0.1) is 0 Å². The van der Waals surface area contributed by atoms with E-state index in [1.165, 1.54) is 24.2 Å². The summed E-state index contributed by atoms with van der Waals surface area (Å²) >= 11 is 1.42. The molecule has 1 fully saturated rings. The summed E-state index contributed by atoms with van der Waals surface area (Å²) in [5.41, 5.74) is 5.57. The van der Waals surface area contributed by atoms with Gasteiger partial charge >= 0.3 is 0 Å². The molecule has 0 radical (unpaired) electrons. The van der Waals surface area contributed by atoms with Gasteiger partial charge in [-0.1, -0.05) is 11.3 Å². The summed E-state index contributed by atoms with van der Waals surface area (Å²) < 4.78 is 0.